The molecule has 1 amide bonds. The molecular weight excluding hydrogens is 276 g/mol. The maximum atomic E-state index is 12.0. The molecule has 5 nitrogen and oxygen atoms in total. The van der Waals surface area contributed by atoms with Gasteiger partial charge in [0.1, 0.15) is 0 Å². The molecule has 0 bridgehead atoms. The first kappa shape index (κ1) is 14.8. The predicted octanol–water partition coefficient (Wildman–Crippen LogP) is 2.12. The fourth-order valence-corrected chi connectivity index (χ4v) is 2.92. The van der Waals surface area contributed by atoms with Crippen molar-refractivity contribution in [3.8, 4) is 0 Å². The summed E-state index contributed by atoms with van der Waals surface area (Å²) in [4.78, 5) is 12.0. The minimum atomic E-state index is -3.27. The summed E-state index contributed by atoms with van der Waals surface area (Å²) in [5.41, 5.74) is 1.03. The van der Waals surface area contributed by atoms with Gasteiger partial charge in [-0.05, 0) is 44.0 Å². The molecule has 0 saturated heterocycles. The normalized spacial score (nSPS) is 16.1. The Morgan fingerprint density at radius 2 is 1.80 bits per heavy atom. The lowest BCUT2D eigenvalue weighted by Crippen LogP contribution is -2.32. The van der Waals surface area contributed by atoms with Crippen molar-refractivity contribution in [2.24, 2.45) is 0 Å². The molecule has 2 rings (SSSR count). The quantitative estimate of drug-likeness (QED) is 0.874. The molecule has 110 valence electrons. The van der Waals surface area contributed by atoms with Crippen molar-refractivity contribution in [3.63, 3.8) is 0 Å². The van der Waals surface area contributed by atoms with Gasteiger partial charge in [-0.3, -0.25) is 9.52 Å². The summed E-state index contributed by atoms with van der Waals surface area (Å²) >= 11 is 0. The van der Waals surface area contributed by atoms with Crippen LogP contribution >= 0.6 is 0 Å². The Labute approximate surface area is 119 Å². The Hall–Kier alpha value is -1.56. The van der Waals surface area contributed by atoms with E-state index in [-0.39, 0.29) is 17.7 Å². The Bertz CT molecular complexity index is 561. The molecule has 2 N–H and O–H groups in total. The van der Waals surface area contributed by atoms with E-state index in [1.807, 2.05) is 0 Å². The first-order chi connectivity index (χ1) is 9.50. The molecule has 1 aliphatic carbocycles. The zero-order chi connectivity index (χ0) is 14.6. The number of carbonyl (C=O) groups excluding carboxylic acids is 1. The first-order valence-corrected chi connectivity index (χ1v) is 8.57. The molecule has 20 heavy (non-hydrogen) atoms. The topological polar surface area (TPSA) is 75.3 Å². The highest BCUT2D eigenvalue weighted by atomic mass is 32.2. The number of sulfonamides is 1. The largest absolute Gasteiger partial charge is 0.349 e. The van der Waals surface area contributed by atoms with Gasteiger partial charge in [0.25, 0.3) is 5.91 Å². The molecule has 1 saturated carbocycles. The maximum absolute atomic E-state index is 12.0. The second-order valence-electron chi connectivity index (χ2n) is 5.04. The van der Waals surface area contributed by atoms with Gasteiger partial charge in [0.2, 0.25) is 10.0 Å². The van der Waals surface area contributed by atoms with Gasteiger partial charge in [0.05, 0.1) is 5.75 Å². The van der Waals surface area contributed by atoms with Gasteiger partial charge in [0.15, 0.2) is 0 Å². The lowest BCUT2D eigenvalue weighted by Gasteiger charge is -2.12. The van der Waals surface area contributed by atoms with Gasteiger partial charge in [-0.1, -0.05) is 12.8 Å². The van der Waals surface area contributed by atoms with Gasteiger partial charge in [-0.25, -0.2) is 8.42 Å². The summed E-state index contributed by atoms with van der Waals surface area (Å²) in [5.74, 6) is -0.0708. The van der Waals surface area contributed by atoms with Gasteiger partial charge in [-0.15, -0.1) is 0 Å². The monoisotopic (exact) mass is 296 g/mol. The summed E-state index contributed by atoms with van der Waals surface area (Å²) in [6.07, 6.45) is 4.42. The Kier molecular flexibility index (Phi) is 4.65. The lowest BCUT2D eigenvalue weighted by molar-refractivity contribution is 0.0938. The van der Waals surface area contributed by atoms with E-state index >= 15 is 0 Å². The van der Waals surface area contributed by atoms with E-state index in [9.17, 15) is 13.2 Å². The first-order valence-electron chi connectivity index (χ1n) is 6.91. The van der Waals surface area contributed by atoms with Crippen molar-refractivity contribution in [3.05, 3.63) is 29.8 Å². The highest BCUT2D eigenvalue weighted by Gasteiger charge is 2.17. The SMILES string of the molecule is CCS(=O)(=O)Nc1ccc(C(=O)NC2CCCC2)cc1. The molecule has 0 aliphatic heterocycles. The number of benzene rings is 1. The molecule has 0 heterocycles. The maximum Gasteiger partial charge on any atom is 0.251 e. The molecular formula is C14H20N2O3S. The Morgan fingerprint density at radius 1 is 1.20 bits per heavy atom. The number of hydrogen-bond acceptors (Lipinski definition) is 3. The molecule has 0 aromatic heterocycles. The highest BCUT2D eigenvalue weighted by molar-refractivity contribution is 7.92. The van der Waals surface area contributed by atoms with E-state index < -0.39 is 10.0 Å². The third-order valence-electron chi connectivity index (χ3n) is 3.49. The third kappa shape index (κ3) is 3.96. The Morgan fingerprint density at radius 3 is 2.35 bits per heavy atom. The molecule has 1 aromatic carbocycles. The minimum absolute atomic E-state index is 0.0247. The second kappa shape index (κ2) is 6.26. The van der Waals surface area contributed by atoms with E-state index in [1.54, 1.807) is 31.2 Å². The minimum Gasteiger partial charge on any atom is -0.349 e. The highest BCUT2D eigenvalue weighted by Crippen LogP contribution is 2.18. The molecule has 0 radical (unpaired) electrons. The van der Waals surface area contributed by atoms with E-state index in [0.29, 0.717) is 11.3 Å². The van der Waals surface area contributed by atoms with E-state index in [1.165, 1.54) is 12.8 Å². The number of hydrogen-bond donors (Lipinski definition) is 2. The predicted molar refractivity (Wildman–Crippen MR) is 79.2 cm³/mol. The Balaban J connectivity index is 1.98. The average Bonchev–Trinajstić information content (AvgIpc) is 2.92. The van der Waals surface area contributed by atoms with Crippen LogP contribution in [-0.2, 0) is 10.0 Å². The van der Waals surface area contributed by atoms with Gasteiger partial charge in [-0.2, -0.15) is 0 Å². The zero-order valence-electron chi connectivity index (χ0n) is 11.6. The van der Waals surface area contributed by atoms with Crippen molar-refractivity contribution < 1.29 is 13.2 Å². The van der Waals surface area contributed by atoms with E-state index in [4.69, 9.17) is 0 Å². The summed E-state index contributed by atoms with van der Waals surface area (Å²) in [5, 5.41) is 3.00. The van der Waals surface area contributed by atoms with Crippen molar-refractivity contribution in [1.29, 1.82) is 0 Å². The summed E-state index contributed by atoms with van der Waals surface area (Å²) in [6, 6.07) is 6.77. The standard InChI is InChI=1S/C14H20N2O3S/c1-2-20(18,19)16-13-9-7-11(8-10-13)14(17)15-12-5-3-4-6-12/h7-10,12,16H,2-6H2,1H3,(H,15,17). The molecule has 6 heteroatoms. The number of anilines is 1. The van der Waals surface area contributed by atoms with Crippen molar-refractivity contribution in [2.45, 2.75) is 38.6 Å². The van der Waals surface area contributed by atoms with Crippen LogP contribution in [0.3, 0.4) is 0 Å². The number of amides is 1. The fourth-order valence-electron chi connectivity index (χ4n) is 2.28. The number of carbonyl (C=O) groups is 1. The van der Waals surface area contributed by atoms with Crippen molar-refractivity contribution in [1.82, 2.24) is 5.32 Å². The van der Waals surface area contributed by atoms with Crippen LogP contribution in [0, 0.1) is 0 Å². The molecule has 0 unspecified atom stereocenters. The van der Waals surface area contributed by atoms with Crippen LogP contribution in [0.25, 0.3) is 0 Å². The summed E-state index contributed by atoms with van der Waals surface area (Å²) < 4.78 is 25.3. The van der Waals surface area contributed by atoms with Crippen LogP contribution in [0.4, 0.5) is 5.69 Å². The van der Waals surface area contributed by atoms with Crippen molar-refractivity contribution in [2.75, 3.05) is 10.5 Å². The second-order valence-corrected chi connectivity index (χ2v) is 7.05. The van der Waals surface area contributed by atoms with Crippen LogP contribution in [0.2, 0.25) is 0 Å². The van der Waals surface area contributed by atoms with Gasteiger partial charge >= 0.3 is 0 Å². The van der Waals surface area contributed by atoms with Crippen LogP contribution < -0.4 is 10.0 Å². The van der Waals surface area contributed by atoms with Crippen LogP contribution in [0.15, 0.2) is 24.3 Å². The molecule has 1 fully saturated rings. The lowest BCUT2D eigenvalue weighted by atomic mass is 10.1. The third-order valence-corrected chi connectivity index (χ3v) is 4.80. The van der Waals surface area contributed by atoms with E-state index in [2.05, 4.69) is 10.0 Å². The van der Waals surface area contributed by atoms with E-state index in [0.717, 1.165) is 12.8 Å². The zero-order valence-corrected chi connectivity index (χ0v) is 12.4. The van der Waals surface area contributed by atoms with Crippen LogP contribution in [0.1, 0.15) is 43.0 Å². The smallest absolute Gasteiger partial charge is 0.251 e. The van der Waals surface area contributed by atoms with Crippen LogP contribution in [0.5, 0.6) is 0 Å². The molecule has 0 atom stereocenters. The number of rotatable bonds is 5. The molecule has 0 spiro atoms. The molecule has 1 aromatic rings. The molecule has 1 aliphatic rings. The van der Waals surface area contributed by atoms with Crippen molar-refractivity contribution >= 4 is 21.6 Å². The van der Waals surface area contributed by atoms with Gasteiger partial charge in [0, 0.05) is 17.3 Å². The number of nitrogens with one attached hydrogen (secondary N) is 2. The van der Waals surface area contributed by atoms with Crippen LogP contribution in [-0.4, -0.2) is 26.1 Å². The van der Waals surface area contributed by atoms with Gasteiger partial charge < -0.3 is 5.32 Å². The summed E-state index contributed by atoms with van der Waals surface area (Å²) in [7, 11) is -3.27. The average molecular weight is 296 g/mol. The summed E-state index contributed by atoms with van der Waals surface area (Å²) in [6.45, 7) is 1.58. The fraction of sp³-hybridized carbons (Fsp3) is 0.500.